The number of carbonyl (C=O) groups is 1. The first-order chi connectivity index (χ1) is 11.5. The van der Waals surface area contributed by atoms with Gasteiger partial charge < -0.3 is 4.90 Å². The molecular weight excluding hydrogens is 298 g/mol. The topological polar surface area (TPSA) is 46.1 Å². The SMILES string of the molecule is Cc1nccc(C2CCN(C3CCC(C(=O)C(C)C)CC3)CC2)n1. The number of likely N-dealkylation sites (tertiary alicyclic amines) is 1. The predicted molar refractivity (Wildman–Crippen MR) is 95.9 cm³/mol. The van der Waals surface area contributed by atoms with E-state index in [0.29, 0.717) is 23.7 Å². The highest BCUT2D eigenvalue weighted by atomic mass is 16.1. The summed E-state index contributed by atoms with van der Waals surface area (Å²) in [4.78, 5) is 23.7. The Bertz CT molecular complexity index is 556. The Morgan fingerprint density at radius 3 is 2.38 bits per heavy atom. The fourth-order valence-electron chi connectivity index (χ4n) is 4.46. The molecule has 24 heavy (non-hydrogen) atoms. The molecule has 0 N–H and O–H groups in total. The van der Waals surface area contributed by atoms with E-state index in [1.165, 1.54) is 44.5 Å². The van der Waals surface area contributed by atoms with Crippen molar-refractivity contribution in [1.29, 1.82) is 0 Å². The van der Waals surface area contributed by atoms with Crippen molar-refractivity contribution in [3.05, 3.63) is 23.8 Å². The Kier molecular flexibility index (Phi) is 5.65. The molecular formula is C20H31N3O. The van der Waals surface area contributed by atoms with E-state index >= 15 is 0 Å². The van der Waals surface area contributed by atoms with Gasteiger partial charge >= 0.3 is 0 Å². The number of hydrogen-bond donors (Lipinski definition) is 0. The Labute approximate surface area is 146 Å². The molecule has 2 aliphatic rings. The van der Waals surface area contributed by atoms with Gasteiger partial charge in [-0.05, 0) is 64.6 Å². The van der Waals surface area contributed by atoms with Gasteiger partial charge in [-0.2, -0.15) is 0 Å². The maximum absolute atomic E-state index is 12.2. The number of piperidine rings is 1. The predicted octanol–water partition coefficient (Wildman–Crippen LogP) is 3.75. The van der Waals surface area contributed by atoms with Crippen molar-refractivity contribution in [3.63, 3.8) is 0 Å². The van der Waals surface area contributed by atoms with Gasteiger partial charge in [-0.1, -0.05) is 13.8 Å². The zero-order valence-corrected chi connectivity index (χ0v) is 15.4. The molecule has 4 nitrogen and oxygen atoms in total. The lowest BCUT2D eigenvalue weighted by molar-refractivity contribution is -0.127. The molecule has 0 amide bonds. The molecule has 1 aromatic heterocycles. The number of rotatable bonds is 4. The molecule has 1 aromatic rings. The molecule has 4 heteroatoms. The van der Waals surface area contributed by atoms with Crippen LogP contribution in [0.4, 0.5) is 0 Å². The first kappa shape index (κ1) is 17.5. The Hall–Kier alpha value is -1.29. The van der Waals surface area contributed by atoms with Gasteiger partial charge in [0, 0.05) is 35.7 Å². The van der Waals surface area contributed by atoms with Crippen LogP contribution in [0.15, 0.2) is 12.3 Å². The van der Waals surface area contributed by atoms with Crippen molar-refractivity contribution >= 4 is 5.78 Å². The summed E-state index contributed by atoms with van der Waals surface area (Å²) in [5.74, 6) is 2.46. The van der Waals surface area contributed by atoms with Crippen LogP contribution in [0.3, 0.4) is 0 Å². The minimum Gasteiger partial charge on any atom is -0.300 e. The van der Waals surface area contributed by atoms with E-state index in [9.17, 15) is 4.79 Å². The number of aryl methyl sites for hydroxylation is 1. The molecule has 0 aromatic carbocycles. The van der Waals surface area contributed by atoms with E-state index in [4.69, 9.17) is 0 Å². The van der Waals surface area contributed by atoms with Gasteiger partial charge in [0.05, 0.1) is 0 Å². The third-order valence-corrected chi connectivity index (χ3v) is 5.93. The first-order valence-electron chi connectivity index (χ1n) is 9.62. The normalized spacial score (nSPS) is 26.7. The Morgan fingerprint density at radius 2 is 1.79 bits per heavy atom. The number of Topliss-reactive ketones (excluding diaryl/α,β-unsaturated/α-hetero) is 1. The van der Waals surface area contributed by atoms with Crippen molar-refractivity contribution in [2.75, 3.05) is 13.1 Å². The number of hydrogen-bond acceptors (Lipinski definition) is 4. The van der Waals surface area contributed by atoms with E-state index in [1.54, 1.807) is 0 Å². The van der Waals surface area contributed by atoms with E-state index in [1.807, 2.05) is 27.0 Å². The number of nitrogens with zero attached hydrogens (tertiary/aromatic N) is 3. The lowest BCUT2D eigenvalue weighted by Gasteiger charge is -2.40. The van der Waals surface area contributed by atoms with Gasteiger partial charge in [-0.3, -0.25) is 4.79 Å². The second-order valence-corrected chi connectivity index (χ2v) is 7.90. The summed E-state index contributed by atoms with van der Waals surface area (Å²) >= 11 is 0. The highest BCUT2D eigenvalue weighted by Gasteiger charge is 2.32. The van der Waals surface area contributed by atoms with Gasteiger partial charge in [-0.25, -0.2) is 9.97 Å². The van der Waals surface area contributed by atoms with Crippen LogP contribution in [0.2, 0.25) is 0 Å². The monoisotopic (exact) mass is 329 g/mol. The highest BCUT2D eigenvalue weighted by molar-refractivity contribution is 5.82. The summed E-state index contributed by atoms with van der Waals surface area (Å²) in [6.45, 7) is 8.37. The fraction of sp³-hybridized carbons (Fsp3) is 0.750. The molecule has 0 atom stereocenters. The van der Waals surface area contributed by atoms with E-state index < -0.39 is 0 Å². The van der Waals surface area contributed by atoms with Crippen molar-refractivity contribution in [2.24, 2.45) is 11.8 Å². The standard InChI is InChI=1S/C20H31N3O/c1-14(2)20(24)17-4-6-18(7-5-17)23-12-9-16(10-13-23)19-8-11-21-15(3)22-19/h8,11,14,16-18H,4-7,9-10,12-13H2,1-3H3. The van der Waals surface area contributed by atoms with Crippen molar-refractivity contribution in [3.8, 4) is 0 Å². The third kappa shape index (κ3) is 4.02. The molecule has 2 fully saturated rings. The molecule has 1 aliphatic carbocycles. The van der Waals surface area contributed by atoms with Crippen LogP contribution in [0, 0.1) is 18.8 Å². The van der Waals surface area contributed by atoms with Crippen LogP contribution >= 0.6 is 0 Å². The average Bonchev–Trinajstić information content (AvgIpc) is 2.61. The molecule has 0 spiro atoms. The van der Waals surface area contributed by atoms with Crippen LogP contribution in [0.25, 0.3) is 0 Å². The van der Waals surface area contributed by atoms with Crippen LogP contribution in [-0.4, -0.2) is 39.8 Å². The maximum atomic E-state index is 12.2. The van der Waals surface area contributed by atoms with E-state index in [2.05, 4.69) is 20.9 Å². The molecule has 3 rings (SSSR count). The molecule has 0 bridgehead atoms. The van der Waals surface area contributed by atoms with E-state index in [0.717, 1.165) is 18.7 Å². The highest BCUT2D eigenvalue weighted by Crippen LogP contribution is 2.33. The minimum absolute atomic E-state index is 0.193. The zero-order chi connectivity index (χ0) is 17.1. The molecule has 1 aliphatic heterocycles. The summed E-state index contributed by atoms with van der Waals surface area (Å²) < 4.78 is 0. The van der Waals surface area contributed by atoms with Gasteiger partial charge in [0.2, 0.25) is 0 Å². The van der Waals surface area contributed by atoms with Gasteiger partial charge in [0.1, 0.15) is 11.6 Å². The zero-order valence-electron chi connectivity index (χ0n) is 15.4. The molecule has 1 saturated carbocycles. The van der Waals surface area contributed by atoms with E-state index in [-0.39, 0.29) is 5.92 Å². The summed E-state index contributed by atoms with van der Waals surface area (Å²) in [5, 5.41) is 0. The van der Waals surface area contributed by atoms with Crippen molar-refractivity contribution in [2.45, 2.75) is 71.3 Å². The van der Waals surface area contributed by atoms with Crippen molar-refractivity contribution < 1.29 is 4.79 Å². The maximum Gasteiger partial charge on any atom is 0.138 e. The smallest absolute Gasteiger partial charge is 0.138 e. The summed E-state index contributed by atoms with van der Waals surface area (Å²) in [6.07, 6.45) is 8.85. The summed E-state index contributed by atoms with van der Waals surface area (Å²) in [6, 6.07) is 2.77. The largest absolute Gasteiger partial charge is 0.300 e. The Morgan fingerprint density at radius 1 is 1.12 bits per heavy atom. The van der Waals surface area contributed by atoms with Crippen LogP contribution in [0.1, 0.15) is 69.8 Å². The Balaban J connectivity index is 1.48. The lowest BCUT2D eigenvalue weighted by Crippen LogP contribution is -2.43. The first-order valence-corrected chi connectivity index (χ1v) is 9.62. The second kappa shape index (κ2) is 7.73. The quantitative estimate of drug-likeness (QED) is 0.844. The molecule has 1 saturated heterocycles. The lowest BCUT2D eigenvalue weighted by atomic mass is 9.79. The molecule has 0 radical (unpaired) electrons. The van der Waals surface area contributed by atoms with Gasteiger partial charge in [0.25, 0.3) is 0 Å². The number of carbonyl (C=O) groups excluding carboxylic acids is 1. The fourth-order valence-corrected chi connectivity index (χ4v) is 4.46. The molecule has 0 unspecified atom stereocenters. The van der Waals surface area contributed by atoms with Crippen LogP contribution in [-0.2, 0) is 4.79 Å². The summed E-state index contributed by atoms with van der Waals surface area (Å²) in [5.41, 5.74) is 1.22. The summed E-state index contributed by atoms with van der Waals surface area (Å²) in [7, 11) is 0. The second-order valence-electron chi connectivity index (χ2n) is 7.90. The third-order valence-electron chi connectivity index (χ3n) is 5.93. The number of aromatic nitrogens is 2. The average molecular weight is 329 g/mol. The van der Waals surface area contributed by atoms with Crippen LogP contribution in [0.5, 0.6) is 0 Å². The minimum atomic E-state index is 0.193. The van der Waals surface area contributed by atoms with Crippen LogP contribution < -0.4 is 0 Å². The number of ketones is 1. The molecule has 2 heterocycles. The van der Waals surface area contributed by atoms with Gasteiger partial charge in [0.15, 0.2) is 0 Å². The van der Waals surface area contributed by atoms with Gasteiger partial charge in [-0.15, -0.1) is 0 Å². The van der Waals surface area contributed by atoms with Crippen molar-refractivity contribution in [1.82, 2.24) is 14.9 Å². The molecule has 132 valence electrons.